The molecule has 2 aliphatic heterocycles. The Morgan fingerprint density at radius 1 is 1.11 bits per heavy atom. The minimum absolute atomic E-state index is 0.0878. The first-order valence-corrected chi connectivity index (χ1v) is 13.4. The molecule has 0 bridgehead atoms. The zero-order valence-corrected chi connectivity index (χ0v) is 22.0. The molecule has 1 aromatic carbocycles. The second-order valence-electron chi connectivity index (χ2n) is 9.41. The highest BCUT2D eigenvalue weighted by molar-refractivity contribution is 7.08. The molecule has 11 heteroatoms. The maximum absolute atomic E-state index is 12.5. The van der Waals surface area contributed by atoms with Crippen molar-refractivity contribution in [1.29, 1.82) is 0 Å². The van der Waals surface area contributed by atoms with Crippen molar-refractivity contribution in [3.8, 4) is 0 Å². The molecule has 10 nitrogen and oxygen atoms in total. The first kappa shape index (κ1) is 26.8. The van der Waals surface area contributed by atoms with Gasteiger partial charge in [0.05, 0.1) is 24.6 Å². The van der Waals surface area contributed by atoms with Crippen LogP contribution in [0.2, 0.25) is 0 Å². The highest BCUT2D eigenvalue weighted by Crippen LogP contribution is 2.23. The van der Waals surface area contributed by atoms with E-state index < -0.39 is 0 Å². The number of amidine groups is 1. The molecule has 198 valence electrons. The highest BCUT2D eigenvalue weighted by Gasteiger charge is 2.34. The van der Waals surface area contributed by atoms with E-state index in [9.17, 15) is 14.4 Å². The van der Waals surface area contributed by atoms with Gasteiger partial charge in [-0.2, -0.15) is 16.3 Å². The van der Waals surface area contributed by atoms with Crippen LogP contribution in [0.1, 0.15) is 36.2 Å². The van der Waals surface area contributed by atoms with E-state index >= 15 is 0 Å². The van der Waals surface area contributed by atoms with Crippen molar-refractivity contribution in [2.45, 2.75) is 32.5 Å². The number of anilines is 1. The van der Waals surface area contributed by atoms with Crippen LogP contribution in [-0.2, 0) is 14.3 Å². The van der Waals surface area contributed by atoms with Gasteiger partial charge >= 0.3 is 12.1 Å². The molecule has 4 rings (SSSR count). The number of hydrogen-bond acceptors (Lipinski definition) is 8. The lowest BCUT2D eigenvalue weighted by Crippen LogP contribution is -2.49. The molecule has 0 radical (unpaired) electrons. The summed E-state index contributed by atoms with van der Waals surface area (Å²) in [7, 11) is 0. The van der Waals surface area contributed by atoms with E-state index in [-0.39, 0.29) is 36.0 Å². The van der Waals surface area contributed by atoms with Gasteiger partial charge in [0.1, 0.15) is 11.9 Å². The van der Waals surface area contributed by atoms with Crippen LogP contribution in [0, 0.1) is 0 Å². The summed E-state index contributed by atoms with van der Waals surface area (Å²) in [6.07, 6.45) is -0.298. The lowest BCUT2D eigenvalue weighted by molar-refractivity contribution is -0.147. The Hall–Kier alpha value is -3.28. The fraction of sp³-hybridized carbons (Fsp3) is 0.462. The molecule has 2 amide bonds. The third-order valence-electron chi connectivity index (χ3n) is 6.26. The number of aliphatic imine (C=N–C) groups is 1. The van der Waals surface area contributed by atoms with Gasteiger partial charge in [0.15, 0.2) is 0 Å². The van der Waals surface area contributed by atoms with Gasteiger partial charge in [-0.05, 0) is 49.6 Å². The number of carbonyl (C=O) groups is 3. The molecule has 2 aliphatic rings. The topological polar surface area (TPSA) is 118 Å². The van der Waals surface area contributed by atoms with Crippen LogP contribution in [0.25, 0.3) is 0 Å². The summed E-state index contributed by atoms with van der Waals surface area (Å²) in [5, 5.41) is 3.54. The largest absolute Gasteiger partial charge is 0.463 e. The van der Waals surface area contributed by atoms with Gasteiger partial charge in [-0.25, -0.2) is 4.79 Å². The van der Waals surface area contributed by atoms with Crippen molar-refractivity contribution in [3.63, 3.8) is 0 Å². The van der Waals surface area contributed by atoms with Crippen molar-refractivity contribution in [3.05, 3.63) is 52.2 Å². The normalized spacial score (nSPS) is 19.3. The van der Waals surface area contributed by atoms with E-state index in [2.05, 4.69) is 14.8 Å². The van der Waals surface area contributed by atoms with Crippen molar-refractivity contribution < 1.29 is 23.9 Å². The van der Waals surface area contributed by atoms with E-state index in [0.29, 0.717) is 42.9 Å². The smallest absolute Gasteiger partial charge is 0.414 e. The van der Waals surface area contributed by atoms with Gasteiger partial charge in [-0.3, -0.25) is 19.4 Å². The van der Waals surface area contributed by atoms with Crippen molar-refractivity contribution >= 4 is 40.8 Å². The van der Waals surface area contributed by atoms with Crippen molar-refractivity contribution in [2.24, 2.45) is 10.7 Å². The molecule has 1 atom stereocenters. The van der Waals surface area contributed by atoms with Gasteiger partial charge < -0.3 is 20.1 Å². The molecular formula is C26H33N5O5S. The van der Waals surface area contributed by atoms with Crippen LogP contribution in [-0.4, -0.2) is 91.6 Å². The summed E-state index contributed by atoms with van der Waals surface area (Å²) in [4.78, 5) is 46.6. The number of ether oxygens (including phenoxy) is 2. The number of cyclic esters (lactones) is 1. The van der Waals surface area contributed by atoms with Gasteiger partial charge in [-0.15, -0.1) is 0 Å². The van der Waals surface area contributed by atoms with Crippen LogP contribution in [0.4, 0.5) is 10.5 Å². The number of hydrogen-bond donors (Lipinski definition) is 1. The predicted octanol–water partition coefficient (Wildman–Crippen LogP) is 2.58. The maximum atomic E-state index is 12.5. The molecule has 0 saturated carbocycles. The molecule has 1 unspecified atom stereocenters. The molecule has 1 aromatic heterocycles. The Morgan fingerprint density at radius 3 is 2.46 bits per heavy atom. The number of esters is 1. The summed E-state index contributed by atoms with van der Waals surface area (Å²) < 4.78 is 10.8. The zero-order valence-electron chi connectivity index (χ0n) is 21.2. The number of amides is 2. The summed E-state index contributed by atoms with van der Waals surface area (Å²) in [5.41, 5.74) is 7.82. The van der Waals surface area contributed by atoms with E-state index in [1.807, 2.05) is 19.2 Å². The fourth-order valence-corrected chi connectivity index (χ4v) is 4.95. The van der Waals surface area contributed by atoms with Crippen LogP contribution in [0.15, 0.2) is 46.1 Å². The number of nitrogens with two attached hydrogens (primary N) is 1. The molecular weight excluding hydrogens is 494 g/mol. The molecule has 2 fully saturated rings. The standard InChI is InChI=1S/C26H33N5O5S/c1-18(2)35-23(32)7-9-29-10-12-30(13-11-29)15-22-16-31(26(34)36-22)21-5-3-19(4-6-21)24(27)28-25(33)20-8-14-37-17-20/h3-6,8,14,17-18,22H,7,9-13,15-16H2,1-2H3,(H2,27,28,33). The van der Waals surface area contributed by atoms with E-state index in [0.717, 1.165) is 26.2 Å². The van der Waals surface area contributed by atoms with Crippen LogP contribution in [0.3, 0.4) is 0 Å². The second kappa shape index (κ2) is 12.3. The number of thiophene rings is 1. The van der Waals surface area contributed by atoms with Crippen LogP contribution >= 0.6 is 11.3 Å². The number of nitrogens with zero attached hydrogens (tertiary/aromatic N) is 4. The molecule has 2 saturated heterocycles. The average Bonchev–Trinajstić information content (AvgIpc) is 3.53. The maximum Gasteiger partial charge on any atom is 0.414 e. The lowest BCUT2D eigenvalue weighted by Gasteiger charge is -2.35. The molecule has 0 aliphatic carbocycles. The van der Waals surface area contributed by atoms with Crippen LogP contribution in [0.5, 0.6) is 0 Å². The fourth-order valence-electron chi connectivity index (χ4n) is 4.32. The third-order valence-corrected chi connectivity index (χ3v) is 6.95. The second-order valence-corrected chi connectivity index (χ2v) is 10.2. The molecule has 2 aromatic rings. The van der Waals surface area contributed by atoms with E-state index in [4.69, 9.17) is 15.2 Å². The summed E-state index contributed by atoms with van der Waals surface area (Å²) in [6, 6.07) is 8.74. The van der Waals surface area contributed by atoms with Gasteiger partial charge in [0, 0.05) is 55.9 Å². The van der Waals surface area contributed by atoms with Gasteiger partial charge in [0.25, 0.3) is 5.91 Å². The minimum atomic E-state index is -0.386. The number of carbonyl (C=O) groups excluding carboxylic acids is 3. The predicted molar refractivity (Wildman–Crippen MR) is 142 cm³/mol. The van der Waals surface area contributed by atoms with E-state index in [1.165, 1.54) is 11.3 Å². The van der Waals surface area contributed by atoms with Crippen molar-refractivity contribution in [1.82, 2.24) is 9.80 Å². The van der Waals surface area contributed by atoms with Gasteiger partial charge in [0.2, 0.25) is 0 Å². The Morgan fingerprint density at radius 2 is 1.81 bits per heavy atom. The zero-order chi connectivity index (χ0) is 26.4. The van der Waals surface area contributed by atoms with E-state index in [1.54, 1.807) is 40.6 Å². The van der Waals surface area contributed by atoms with Gasteiger partial charge in [-0.1, -0.05) is 0 Å². The van der Waals surface area contributed by atoms with Crippen LogP contribution < -0.4 is 10.6 Å². The summed E-state index contributed by atoms with van der Waals surface area (Å²) in [6.45, 7) is 8.94. The first-order valence-electron chi connectivity index (χ1n) is 12.4. The first-order chi connectivity index (χ1) is 17.8. The monoisotopic (exact) mass is 527 g/mol. The third kappa shape index (κ3) is 7.37. The average molecular weight is 528 g/mol. The molecule has 0 spiro atoms. The number of benzene rings is 1. The highest BCUT2D eigenvalue weighted by atomic mass is 32.1. The summed E-state index contributed by atoms with van der Waals surface area (Å²) in [5.74, 6) is -0.422. The molecule has 2 N–H and O–H groups in total. The quantitative estimate of drug-likeness (QED) is 0.300. The Bertz CT molecular complexity index is 1110. The Kier molecular flexibility index (Phi) is 8.91. The lowest BCUT2D eigenvalue weighted by atomic mass is 10.1. The Labute approximate surface area is 220 Å². The summed E-state index contributed by atoms with van der Waals surface area (Å²) >= 11 is 1.42. The molecule has 3 heterocycles. The molecule has 37 heavy (non-hydrogen) atoms. The van der Waals surface area contributed by atoms with Crippen molar-refractivity contribution in [2.75, 3.05) is 50.7 Å². The SMILES string of the molecule is CC(C)OC(=O)CCN1CCN(CC2CN(c3ccc(C(N)=NC(=O)c4ccsc4)cc3)C(=O)O2)CC1. The number of rotatable bonds is 9. The number of piperazine rings is 1. The Balaban J connectivity index is 1.24. The minimum Gasteiger partial charge on any atom is -0.463 e.